The van der Waals surface area contributed by atoms with Crippen LogP contribution >= 0.6 is 0 Å². The Morgan fingerprint density at radius 2 is 2.21 bits per heavy atom. The summed E-state index contributed by atoms with van der Waals surface area (Å²) in [6.07, 6.45) is 8.76. The van der Waals surface area contributed by atoms with Crippen molar-refractivity contribution in [1.29, 1.82) is 0 Å². The minimum atomic E-state index is -0.135. The van der Waals surface area contributed by atoms with Gasteiger partial charge in [-0.25, -0.2) is 4.98 Å². The number of amides is 1. The summed E-state index contributed by atoms with van der Waals surface area (Å²) in [5.74, 6) is 0.540. The number of aromatic nitrogens is 2. The Bertz CT molecular complexity index is 1020. The van der Waals surface area contributed by atoms with Gasteiger partial charge in [0.1, 0.15) is 5.69 Å². The number of H-pyrrole nitrogens is 1. The summed E-state index contributed by atoms with van der Waals surface area (Å²) in [4.78, 5) is 36.5. The van der Waals surface area contributed by atoms with E-state index < -0.39 is 0 Å². The van der Waals surface area contributed by atoms with Crippen LogP contribution < -0.4 is 20.5 Å². The van der Waals surface area contributed by atoms with Crippen molar-refractivity contribution < 1.29 is 9.53 Å². The fourth-order valence-electron chi connectivity index (χ4n) is 4.16. The quantitative estimate of drug-likeness (QED) is 0.568. The maximum absolute atomic E-state index is 12.8. The molecule has 1 aliphatic rings. The fourth-order valence-corrected chi connectivity index (χ4v) is 4.16. The standard InChI is InChI=1S/C25H35N5O3/c1-5-30(21-8-7-13-29(17-21)24(31)9-6-11-26-18(2)3)22-14-20(16-28-25(22)32)19-10-12-27-23(15-19)33-4/h6,9-10,12,14-16,18,21,26H,5,7-8,11,13,17H2,1-4H3,(H,28,32)/b9-6+/t21-/m0/s1. The third-order valence-corrected chi connectivity index (χ3v) is 5.86. The maximum Gasteiger partial charge on any atom is 0.271 e. The third kappa shape index (κ3) is 6.44. The van der Waals surface area contributed by atoms with Crippen molar-refractivity contribution in [2.24, 2.45) is 0 Å². The number of nitrogens with one attached hydrogen (secondary N) is 2. The zero-order valence-corrected chi connectivity index (χ0v) is 20.0. The number of hydrogen-bond acceptors (Lipinski definition) is 6. The van der Waals surface area contributed by atoms with E-state index in [9.17, 15) is 9.59 Å². The highest BCUT2D eigenvalue weighted by atomic mass is 16.5. The Balaban J connectivity index is 1.78. The van der Waals surface area contributed by atoms with Crippen molar-refractivity contribution in [3.8, 4) is 17.0 Å². The Morgan fingerprint density at radius 1 is 1.39 bits per heavy atom. The highest BCUT2D eigenvalue weighted by molar-refractivity contribution is 5.87. The molecule has 0 bridgehead atoms. The number of carbonyl (C=O) groups excluding carboxylic acids is 1. The van der Waals surface area contributed by atoms with Gasteiger partial charge in [-0.1, -0.05) is 19.9 Å². The second kappa shape index (κ2) is 11.7. The monoisotopic (exact) mass is 453 g/mol. The van der Waals surface area contributed by atoms with Crippen molar-refractivity contribution in [3.05, 3.63) is 53.1 Å². The Hall–Kier alpha value is -3.13. The van der Waals surface area contributed by atoms with Gasteiger partial charge in [0, 0.05) is 68.4 Å². The van der Waals surface area contributed by atoms with Crippen LogP contribution in [0.1, 0.15) is 33.6 Å². The molecule has 2 N–H and O–H groups in total. The maximum atomic E-state index is 12.8. The zero-order chi connectivity index (χ0) is 23.8. The summed E-state index contributed by atoms with van der Waals surface area (Å²) < 4.78 is 5.23. The fraction of sp³-hybridized carbons (Fsp3) is 0.480. The van der Waals surface area contributed by atoms with Crippen LogP contribution in [-0.4, -0.2) is 66.1 Å². The molecule has 0 unspecified atom stereocenters. The minimum Gasteiger partial charge on any atom is -0.481 e. The van der Waals surface area contributed by atoms with Crippen LogP contribution in [0.3, 0.4) is 0 Å². The lowest BCUT2D eigenvalue weighted by Crippen LogP contribution is -2.50. The largest absolute Gasteiger partial charge is 0.481 e. The molecule has 8 heteroatoms. The number of methoxy groups -OCH3 is 1. The van der Waals surface area contributed by atoms with Gasteiger partial charge in [0.05, 0.1) is 7.11 Å². The van der Waals surface area contributed by atoms with Crippen LogP contribution in [-0.2, 0) is 4.79 Å². The molecule has 0 spiro atoms. The molecule has 1 amide bonds. The first kappa shape index (κ1) is 24.5. The minimum absolute atomic E-state index is 0.0212. The highest BCUT2D eigenvalue weighted by Crippen LogP contribution is 2.26. The Labute approximate surface area is 195 Å². The molecule has 1 saturated heterocycles. The van der Waals surface area contributed by atoms with Gasteiger partial charge in [-0.3, -0.25) is 9.59 Å². The first-order valence-corrected chi connectivity index (χ1v) is 11.6. The van der Waals surface area contributed by atoms with Gasteiger partial charge in [-0.05, 0) is 37.5 Å². The first-order valence-electron chi connectivity index (χ1n) is 11.6. The Morgan fingerprint density at radius 3 is 2.94 bits per heavy atom. The number of piperidine rings is 1. The average molecular weight is 454 g/mol. The van der Waals surface area contributed by atoms with E-state index in [2.05, 4.69) is 34.0 Å². The number of likely N-dealkylation sites (tertiary alicyclic amines) is 1. The van der Waals surface area contributed by atoms with Crippen molar-refractivity contribution >= 4 is 11.6 Å². The molecule has 2 aromatic heterocycles. The van der Waals surface area contributed by atoms with Gasteiger partial charge in [-0.15, -0.1) is 0 Å². The van der Waals surface area contributed by atoms with Gasteiger partial charge in [-0.2, -0.15) is 0 Å². The molecule has 8 nitrogen and oxygen atoms in total. The second-order valence-corrected chi connectivity index (χ2v) is 8.52. The van der Waals surface area contributed by atoms with E-state index in [0.717, 1.165) is 30.5 Å². The van der Waals surface area contributed by atoms with Crippen molar-refractivity contribution in [1.82, 2.24) is 20.2 Å². The number of hydrogen-bond donors (Lipinski definition) is 2. The molecule has 3 rings (SSSR count). The van der Waals surface area contributed by atoms with E-state index in [-0.39, 0.29) is 17.5 Å². The summed E-state index contributed by atoms with van der Waals surface area (Å²) in [6.45, 7) is 8.87. The number of anilines is 1. The van der Waals surface area contributed by atoms with Gasteiger partial charge >= 0.3 is 0 Å². The SMILES string of the molecule is CCN(c1cc(-c2ccnc(OC)c2)c[nH]c1=O)[C@H]1CCCN(C(=O)/C=C/CNC(C)C)C1. The molecule has 1 atom stereocenters. The van der Waals surface area contributed by atoms with Crippen LogP contribution in [0.2, 0.25) is 0 Å². The molecule has 1 aliphatic heterocycles. The zero-order valence-electron chi connectivity index (χ0n) is 20.0. The van der Waals surface area contributed by atoms with Gasteiger partial charge in [0.2, 0.25) is 11.8 Å². The van der Waals surface area contributed by atoms with E-state index in [0.29, 0.717) is 37.2 Å². The molecule has 0 saturated carbocycles. The van der Waals surface area contributed by atoms with Crippen LogP contribution in [0.15, 0.2) is 47.5 Å². The Kier molecular flexibility index (Phi) is 8.65. The number of pyridine rings is 2. The lowest BCUT2D eigenvalue weighted by Gasteiger charge is -2.39. The lowest BCUT2D eigenvalue weighted by atomic mass is 10.0. The van der Waals surface area contributed by atoms with Crippen LogP contribution in [0.5, 0.6) is 5.88 Å². The van der Waals surface area contributed by atoms with Crippen LogP contribution in [0, 0.1) is 0 Å². The van der Waals surface area contributed by atoms with Crippen LogP contribution in [0.4, 0.5) is 5.69 Å². The van der Waals surface area contributed by atoms with Gasteiger partial charge < -0.3 is 24.8 Å². The predicted octanol–water partition coefficient (Wildman–Crippen LogP) is 2.82. The molecule has 2 aromatic rings. The second-order valence-electron chi connectivity index (χ2n) is 8.52. The van der Waals surface area contributed by atoms with E-state index in [1.54, 1.807) is 25.6 Å². The number of ether oxygens (including phenoxy) is 1. The molecule has 1 fully saturated rings. The predicted molar refractivity (Wildman–Crippen MR) is 132 cm³/mol. The lowest BCUT2D eigenvalue weighted by molar-refractivity contribution is -0.127. The molecule has 0 radical (unpaired) electrons. The molecule has 33 heavy (non-hydrogen) atoms. The smallest absolute Gasteiger partial charge is 0.271 e. The molecular formula is C25H35N5O3. The first-order chi connectivity index (χ1) is 15.9. The molecule has 3 heterocycles. The topological polar surface area (TPSA) is 90.6 Å². The van der Waals surface area contributed by atoms with Gasteiger partial charge in [0.15, 0.2) is 0 Å². The van der Waals surface area contributed by atoms with E-state index in [1.807, 2.05) is 36.1 Å². The van der Waals surface area contributed by atoms with E-state index in [1.165, 1.54) is 0 Å². The number of nitrogens with zero attached hydrogens (tertiary/aromatic N) is 3. The third-order valence-electron chi connectivity index (χ3n) is 5.86. The number of likely N-dealkylation sites (N-methyl/N-ethyl adjacent to an activating group) is 1. The summed E-state index contributed by atoms with van der Waals surface area (Å²) >= 11 is 0. The highest BCUT2D eigenvalue weighted by Gasteiger charge is 2.28. The van der Waals surface area contributed by atoms with Crippen LogP contribution in [0.25, 0.3) is 11.1 Å². The average Bonchev–Trinajstić information content (AvgIpc) is 2.83. The summed E-state index contributed by atoms with van der Waals surface area (Å²) in [7, 11) is 1.58. The molecule has 178 valence electrons. The van der Waals surface area contributed by atoms with Crippen molar-refractivity contribution in [3.63, 3.8) is 0 Å². The summed E-state index contributed by atoms with van der Waals surface area (Å²) in [5, 5.41) is 3.28. The van der Waals surface area contributed by atoms with Crippen molar-refractivity contribution in [2.45, 2.75) is 45.7 Å². The number of aromatic amines is 1. The van der Waals surface area contributed by atoms with E-state index in [4.69, 9.17) is 4.74 Å². The summed E-state index contributed by atoms with van der Waals surface area (Å²) in [5.41, 5.74) is 2.27. The molecule has 0 aromatic carbocycles. The van der Waals surface area contributed by atoms with Crippen molar-refractivity contribution in [2.75, 3.05) is 38.2 Å². The molecule has 0 aliphatic carbocycles. The van der Waals surface area contributed by atoms with Gasteiger partial charge in [0.25, 0.3) is 5.56 Å². The number of carbonyl (C=O) groups is 1. The number of rotatable bonds is 9. The van der Waals surface area contributed by atoms with E-state index >= 15 is 0 Å². The molecular weight excluding hydrogens is 418 g/mol. The summed E-state index contributed by atoms with van der Waals surface area (Å²) in [6, 6.07) is 6.10. The normalized spacial score (nSPS) is 16.4.